The van der Waals surface area contributed by atoms with E-state index in [1.54, 1.807) is 18.2 Å². The zero-order chi connectivity index (χ0) is 21.0. The van der Waals surface area contributed by atoms with Gasteiger partial charge in [0.05, 0.1) is 12.7 Å². The van der Waals surface area contributed by atoms with Gasteiger partial charge in [-0.2, -0.15) is 0 Å². The number of hydrogen-bond donors (Lipinski definition) is 1. The van der Waals surface area contributed by atoms with E-state index in [-0.39, 0.29) is 28.6 Å². The average molecular weight is 404 g/mol. The second kappa shape index (κ2) is 9.49. The first-order valence-corrected chi connectivity index (χ1v) is 10.2. The predicted octanol–water partition coefficient (Wildman–Crippen LogP) is 6.54. The van der Waals surface area contributed by atoms with Gasteiger partial charge in [-0.05, 0) is 69.1 Å². The Bertz CT molecular complexity index is 869. The Kier molecular flexibility index (Phi) is 7.01. The molecular formula is C24H27F3O2. The van der Waals surface area contributed by atoms with Crippen LogP contribution in [0.2, 0.25) is 0 Å². The number of halogens is 3. The molecule has 2 aromatic rings. The standard InChI is InChI=1S/C24H27F3O2/c1-3-29-22-13-11-19(14-21(22)25)17-7-4-16(5-8-17)6-9-18-10-12-20(15(2)28)24(27)23(18)26/h6,9-17,28H,3-5,7-8H2,1-2H3/b9-6+. The zero-order valence-corrected chi connectivity index (χ0v) is 16.8. The van der Waals surface area contributed by atoms with E-state index >= 15 is 0 Å². The highest BCUT2D eigenvalue weighted by atomic mass is 19.2. The number of ether oxygens (including phenoxy) is 1. The minimum Gasteiger partial charge on any atom is -0.491 e. The lowest BCUT2D eigenvalue weighted by Crippen LogP contribution is -2.12. The molecule has 1 aliphatic rings. The number of aliphatic hydroxyl groups excluding tert-OH is 1. The van der Waals surface area contributed by atoms with Crippen LogP contribution in [0.3, 0.4) is 0 Å². The largest absolute Gasteiger partial charge is 0.491 e. The lowest BCUT2D eigenvalue weighted by Gasteiger charge is -2.27. The van der Waals surface area contributed by atoms with E-state index in [0.29, 0.717) is 12.5 Å². The van der Waals surface area contributed by atoms with Crippen LogP contribution in [0.1, 0.15) is 68.2 Å². The molecule has 1 saturated carbocycles. The average Bonchev–Trinajstić information content (AvgIpc) is 2.71. The molecule has 5 heteroatoms. The molecule has 1 atom stereocenters. The summed E-state index contributed by atoms with van der Waals surface area (Å²) in [7, 11) is 0. The van der Waals surface area contributed by atoms with Crippen LogP contribution in [0.5, 0.6) is 5.75 Å². The molecule has 1 aliphatic carbocycles. The van der Waals surface area contributed by atoms with Crippen molar-refractivity contribution in [1.82, 2.24) is 0 Å². The van der Waals surface area contributed by atoms with E-state index in [4.69, 9.17) is 4.74 Å². The molecule has 0 amide bonds. The van der Waals surface area contributed by atoms with E-state index in [2.05, 4.69) is 0 Å². The van der Waals surface area contributed by atoms with Crippen LogP contribution in [-0.2, 0) is 0 Å². The Balaban J connectivity index is 1.61. The maximum Gasteiger partial charge on any atom is 0.166 e. The Morgan fingerprint density at radius 1 is 1.07 bits per heavy atom. The lowest BCUT2D eigenvalue weighted by molar-refractivity contribution is 0.192. The van der Waals surface area contributed by atoms with Gasteiger partial charge in [-0.3, -0.25) is 0 Å². The Morgan fingerprint density at radius 3 is 2.41 bits per heavy atom. The van der Waals surface area contributed by atoms with Gasteiger partial charge in [-0.25, -0.2) is 13.2 Å². The first-order chi connectivity index (χ1) is 13.9. The summed E-state index contributed by atoms with van der Waals surface area (Å²) in [4.78, 5) is 0. The van der Waals surface area contributed by atoms with E-state index < -0.39 is 17.7 Å². The van der Waals surface area contributed by atoms with Gasteiger partial charge >= 0.3 is 0 Å². The van der Waals surface area contributed by atoms with Gasteiger partial charge in [0.15, 0.2) is 23.2 Å². The monoisotopic (exact) mass is 404 g/mol. The number of hydrogen-bond acceptors (Lipinski definition) is 2. The van der Waals surface area contributed by atoms with Crippen LogP contribution in [0.25, 0.3) is 6.08 Å². The van der Waals surface area contributed by atoms with Crippen molar-refractivity contribution in [2.45, 2.75) is 51.6 Å². The van der Waals surface area contributed by atoms with Gasteiger partial charge < -0.3 is 9.84 Å². The van der Waals surface area contributed by atoms with Crippen LogP contribution in [-0.4, -0.2) is 11.7 Å². The van der Waals surface area contributed by atoms with Crippen molar-refractivity contribution in [3.8, 4) is 5.75 Å². The van der Waals surface area contributed by atoms with Crippen LogP contribution in [0.4, 0.5) is 13.2 Å². The van der Waals surface area contributed by atoms with Crippen molar-refractivity contribution in [3.05, 3.63) is 70.5 Å². The number of allylic oxidation sites excluding steroid dienone is 1. The molecule has 2 nitrogen and oxygen atoms in total. The summed E-state index contributed by atoms with van der Waals surface area (Å²) < 4.78 is 47.6. The minimum atomic E-state index is -1.05. The molecule has 29 heavy (non-hydrogen) atoms. The molecule has 0 spiro atoms. The minimum absolute atomic E-state index is 0.0391. The molecule has 0 aliphatic heterocycles. The Morgan fingerprint density at radius 2 is 1.79 bits per heavy atom. The summed E-state index contributed by atoms with van der Waals surface area (Å²) in [5.74, 6) is -1.41. The van der Waals surface area contributed by atoms with Crippen molar-refractivity contribution in [2.24, 2.45) is 5.92 Å². The second-order valence-corrected chi connectivity index (χ2v) is 7.64. The molecule has 0 radical (unpaired) electrons. The topological polar surface area (TPSA) is 29.5 Å². The maximum absolute atomic E-state index is 14.2. The highest BCUT2D eigenvalue weighted by Crippen LogP contribution is 2.37. The van der Waals surface area contributed by atoms with Crippen molar-refractivity contribution in [1.29, 1.82) is 0 Å². The third kappa shape index (κ3) is 5.02. The quantitative estimate of drug-likeness (QED) is 0.592. The molecule has 1 fully saturated rings. The van der Waals surface area contributed by atoms with Crippen molar-refractivity contribution < 1.29 is 23.0 Å². The first-order valence-electron chi connectivity index (χ1n) is 10.2. The van der Waals surface area contributed by atoms with E-state index in [1.165, 1.54) is 19.1 Å². The van der Waals surface area contributed by atoms with Crippen LogP contribution in [0.15, 0.2) is 36.4 Å². The summed E-state index contributed by atoms with van der Waals surface area (Å²) in [5, 5.41) is 9.48. The van der Waals surface area contributed by atoms with Gasteiger partial charge in [0, 0.05) is 11.1 Å². The Hall–Kier alpha value is -2.27. The van der Waals surface area contributed by atoms with Gasteiger partial charge in [0.2, 0.25) is 0 Å². The lowest BCUT2D eigenvalue weighted by atomic mass is 9.78. The molecule has 1 N–H and O–H groups in total. The molecular weight excluding hydrogens is 377 g/mol. The van der Waals surface area contributed by atoms with E-state index in [0.717, 1.165) is 31.2 Å². The van der Waals surface area contributed by atoms with Crippen molar-refractivity contribution >= 4 is 6.08 Å². The van der Waals surface area contributed by atoms with Crippen LogP contribution < -0.4 is 4.74 Å². The fourth-order valence-corrected chi connectivity index (χ4v) is 3.96. The number of aliphatic hydroxyl groups is 1. The normalized spacial score (nSPS) is 20.8. The fourth-order valence-electron chi connectivity index (χ4n) is 3.96. The summed E-state index contributed by atoms with van der Waals surface area (Å²) >= 11 is 0. The smallest absolute Gasteiger partial charge is 0.166 e. The second-order valence-electron chi connectivity index (χ2n) is 7.64. The zero-order valence-electron chi connectivity index (χ0n) is 16.8. The van der Waals surface area contributed by atoms with Crippen molar-refractivity contribution in [3.63, 3.8) is 0 Å². The highest BCUT2D eigenvalue weighted by molar-refractivity contribution is 5.51. The predicted molar refractivity (Wildman–Crippen MR) is 108 cm³/mol. The molecule has 156 valence electrons. The van der Waals surface area contributed by atoms with E-state index in [9.17, 15) is 18.3 Å². The summed E-state index contributed by atoms with van der Waals surface area (Å²) in [6.45, 7) is 3.66. The first kappa shape index (κ1) is 21.4. The summed E-state index contributed by atoms with van der Waals surface area (Å²) in [5.41, 5.74) is 1.13. The highest BCUT2D eigenvalue weighted by Gasteiger charge is 2.22. The molecule has 0 bridgehead atoms. The summed E-state index contributed by atoms with van der Waals surface area (Å²) in [6, 6.07) is 8.09. The third-order valence-corrected chi connectivity index (χ3v) is 5.64. The van der Waals surface area contributed by atoms with Crippen molar-refractivity contribution in [2.75, 3.05) is 6.61 Å². The van der Waals surface area contributed by atoms with E-state index in [1.807, 2.05) is 19.1 Å². The van der Waals surface area contributed by atoms with Gasteiger partial charge in [0.1, 0.15) is 0 Å². The Labute approximate surface area is 170 Å². The number of benzene rings is 2. The van der Waals surface area contributed by atoms with Gasteiger partial charge in [0.25, 0.3) is 0 Å². The summed E-state index contributed by atoms with van der Waals surface area (Å²) in [6.07, 6.45) is 6.14. The fraction of sp³-hybridized carbons (Fsp3) is 0.417. The van der Waals surface area contributed by atoms with Gasteiger partial charge in [-0.1, -0.05) is 30.4 Å². The third-order valence-electron chi connectivity index (χ3n) is 5.64. The molecule has 3 rings (SSSR count). The van der Waals surface area contributed by atoms with Gasteiger partial charge in [-0.15, -0.1) is 0 Å². The molecule has 0 aromatic heterocycles. The SMILES string of the molecule is CCOc1ccc(C2CCC(/C=C/c3ccc(C(C)O)c(F)c3F)CC2)cc1F. The molecule has 1 unspecified atom stereocenters. The maximum atomic E-state index is 14.2. The molecule has 2 aromatic carbocycles. The number of rotatable bonds is 6. The molecule has 0 saturated heterocycles. The van der Waals surface area contributed by atoms with Crippen LogP contribution in [0, 0.1) is 23.4 Å². The van der Waals surface area contributed by atoms with Crippen LogP contribution >= 0.6 is 0 Å². The molecule has 0 heterocycles.